The van der Waals surface area contributed by atoms with Crippen LogP contribution in [-0.2, 0) is 6.42 Å². The van der Waals surface area contributed by atoms with Crippen LogP contribution in [0.5, 0.6) is 0 Å². The maximum Gasteiger partial charge on any atom is 0.395 e. The molecule has 1 rings (SSSR count). The van der Waals surface area contributed by atoms with E-state index in [0.717, 1.165) is 16.2 Å². The van der Waals surface area contributed by atoms with Crippen LogP contribution in [0.3, 0.4) is 0 Å². The molecule has 0 aliphatic rings. The molecular weight excluding hydrogens is 199 g/mol. The first-order valence-electron chi connectivity index (χ1n) is 3.90. The maximum absolute atomic E-state index is 11.9. The number of nitrogens with zero attached hydrogens (tertiary/aromatic N) is 1. The first-order chi connectivity index (χ1) is 5.88. The number of hydrogen-bond acceptors (Lipinski definition) is 2. The van der Waals surface area contributed by atoms with Gasteiger partial charge in [-0.15, -0.1) is 11.3 Å². The highest BCUT2D eigenvalue weighted by Gasteiger charge is 2.29. The average Bonchev–Trinajstić information content (AvgIpc) is 2.31. The monoisotopic (exact) mass is 209 g/mol. The van der Waals surface area contributed by atoms with Gasteiger partial charge in [0.1, 0.15) is 5.01 Å². The molecule has 0 aliphatic carbocycles. The first-order valence-corrected chi connectivity index (χ1v) is 4.71. The fourth-order valence-electron chi connectivity index (χ4n) is 0.844. The van der Waals surface area contributed by atoms with Gasteiger partial charge in [0.25, 0.3) is 0 Å². The van der Waals surface area contributed by atoms with Gasteiger partial charge < -0.3 is 0 Å². The highest BCUT2D eigenvalue weighted by atomic mass is 32.1. The van der Waals surface area contributed by atoms with Gasteiger partial charge >= 0.3 is 6.18 Å². The molecule has 0 N–H and O–H groups in total. The number of aromatic nitrogens is 1. The molecule has 0 saturated carbocycles. The zero-order valence-corrected chi connectivity index (χ0v) is 8.17. The lowest BCUT2D eigenvalue weighted by Crippen LogP contribution is -2.10. The van der Waals surface area contributed by atoms with Crippen molar-refractivity contribution >= 4 is 11.3 Å². The summed E-state index contributed by atoms with van der Waals surface area (Å²) in [7, 11) is 0. The lowest BCUT2D eigenvalue weighted by Gasteiger charge is -2.01. The van der Waals surface area contributed by atoms with Gasteiger partial charge in [-0.25, -0.2) is 4.98 Å². The molecule has 0 spiro atoms. The van der Waals surface area contributed by atoms with Crippen molar-refractivity contribution in [3.8, 4) is 0 Å². The normalized spacial score (nSPS) is 12.5. The molecular formula is C8H10F3NS. The van der Waals surface area contributed by atoms with Crippen LogP contribution in [0.1, 0.15) is 29.7 Å². The van der Waals surface area contributed by atoms with Crippen molar-refractivity contribution in [1.82, 2.24) is 4.98 Å². The van der Waals surface area contributed by atoms with Crippen LogP contribution in [0.2, 0.25) is 0 Å². The van der Waals surface area contributed by atoms with E-state index in [1.54, 1.807) is 0 Å². The van der Waals surface area contributed by atoms with Crippen LogP contribution in [-0.4, -0.2) is 11.2 Å². The van der Waals surface area contributed by atoms with Crippen LogP contribution in [0.15, 0.2) is 6.20 Å². The van der Waals surface area contributed by atoms with Crippen molar-refractivity contribution < 1.29 is 13.2 Å². The summed E-state index contributed by atoms with van der Waals surface area (Å²) in [5.74, 6) is 0.250. The van der Waals surface area contributed by atoms with Crippen molar-refractivity contribution in [2.45, 2.75) is 32.4 Å². The lowest BCUT2D eigenvalue weighted by atomic mass is 10.2. The molecule has 13 heavy (non-hydrogen) atoms. The van der Waals surface area contributed by atoms with Crippen LogP contribution >= 0.6 is 11.3 Å². The molecule has 0 saturated heterocycles. The topological polar surface area (TPSA) is 12.9 Å². The Morgan fingerprint density at radius 1 is 1.46 bits per heavy atom. The zero-order chi connectivity index (χ0) is 10.1. The molecule has 5 heteroatoms. The van der Waals surface area contributed by atoms with E-state index in [0.29, 0.717) is 0 Å². The summed E-state index contributed by atoms with van der Waals surface area (Å²) in [5.41, 5.74) is 0. The van der Waals surface area contributed by atoms with E-state index < -0.39 is 12.6 Å². The zero-order valence-electron chi connectivity index (χ0n) is 7.35. The molecule has 1 heterocycles. The summed E-state index contributed by atoms with van der Waals surface area (Å²) in [6.45, 7) is 3.87. The van der Waals surface area contributed by atoms with Crippen LogP contribution in [0.4, 0.5) is 13.2 Å². The smallest absolute Gasteiger partial charge is 0.249 e. The third-order valence-electron chi connectivity index (χ3n) is 1.49. The van der Waals surface area contributed by atoms with Gasteiger partial charge in [0.15, 0.2) is 0 Å². The van der Waals surface area contributed by atoms with Crippen molar-refractivity contribution in [2.24, 2.45) is 0 Å². The predicted molar refractivity (Wildman–Crippen MR) is 46.0 cm³/mol. The van der Waals surface area contributed by atoms with Crippen molar-refractivity contribution in [3.63, 3.8) is 0 Å². The van der Waals surface area contributed by atoms with Crippen LogP contribution in [0.25, 0.3) is 0 Å². The van der Waals surface area contributed by atoms with Gasteiger partial charge in [0.05, 0.1) is 6.42 Å². The molecule has 0 aromatic carbocycles. The van der Waals surface area contributed by atoms with E-state index in [1.807, 2.05) is 13.8 Å². The van der Waals surface area contributed by atoms with Gasteiger partial charge in [-0.2, -0.15) is 13.2 Å². The molecule has 0 aliphatic heterocycles. The second kappa shape index (κ2) is 3.65. The van der Waals surface area contributed by atoms with E-state index in [-0.39, 0.29) is 10.9 Å². The van der Waals surface area contributed by atoms with E-state index in [1.165, 1.54) is 6.20 Å². The Morgan fingerprint density at radius 2 is 2.08 bits per heavy atom. The van der Waals surface area contributed by atoms with Gasteiger partial charge in [-0.3, -0.25) is 0 Å². The molecule has 0 bridgehead atoms. The fraction of sp³-hybridized carbons (Fsp3) is 0.625. The summed E-state index contributed by atoms with van der Waals surface area (Å²) in [4.78, 5) is 4.62. The average molecular weight is 209 g/mol. The number of rotatable bonds is 2. The van der Waals surface area contributed by atoms with Crippen molar-refractivity contribution in [2.75, 3.05) is 0 Å². The molecule has 0 atom stereocenters. The SMILES string of the molecule is CC(C)c1cnc(CC(F)(F)F)s1. The number of halogens is 3. The number of thiazole rings is 1. The van der Waals surface area contributed by atoms with Gasteiger partial charge in [0.2, 0.25) is 0 Å². The molecule has 0 radical (unpaired) electrons. The third kappa shape index (κ3) is 3.34. The summed E-state index contributed by atoms with van der Waals surface area (Å²) < 4.78 is 35.8. The quantitative estimate of drug-likeness (QED) is 0.727. The summed E-state index contributed by atoms with van der Waals surface area (Å²) in [6, 6.07) is 0. The minimum atomic E-state index is -4.15. The van der Waals surface area contributed by atoms with Crippen LogP contribution < -0.4 is 0 Å². The fourth-order valence-corrected chi connectivity index (χ4v) is 1.80. The van der Waals surface area contributed by atoms with Gasteiger partial charge in [0, 0.05) is 11.1 Å². The Bertz CT molecular complexity index is 277. The summed E-state index contributed by atoms with van der Waals surface area (Å²) in [6.07, 6.45) is -3.53. The van der Waals surface area contributed by atoms with E-state index >= 15 is 0 Å². The van der Waals surface area contributed by atoms with Gasteiger partial charge in [-0.1, -0.05) is 13.8 Å². The van der Waals surface area contributed by atoms with Crippen molar-refractivity contribution in [3.05, 3.63) is 16.1 Å². The summed E-state index contributed by atoms with van der Waals surface area (Å²) >= 11 is 1.14. The Labute approximate surface area is 78.6 Å². The molecule has 1 nitrogen and oxygen atoms in total. The first kappa shape index (κ1) is 10.5. The van der Waals surface area contributed by atoms with Gasteiger partial charge in [-0.05, 0) is 5.92 Å². The molecule has 74 valence electrons. The highest BCUT2D eigenvalue weighted by Crippen LogP contribution is 2.27. The van der Waals surface area contributed by atoms with Crippen LogP contribution in [0, 0.1) is 0 Å². The second-order valence-electron chi connectivity index (χ2n) is 3.10. The minimum absolute atomic E-state index is 0.149. The summed E-state index contributed by atoms with van der Waals surface area (Å²) in [5, 5.41) is 0.149. The minimum Gasteiger partial charge on any atom is -0.249 e. The molecule has 1 aromatic rings. The number of hydrogen-bond donors (Lipinski definition) is 0. The van der Waals surface area contributed by atoms with E-state index in [4.69, 9.17) is 0 Å². The Morgan fingerprint density at radius 3 is 2.46 bits per heavy atom. The van der Waals surface area contributed by atoms with E-state index in [2.05, 4.69) is 4.98 Å². The third-order valence-corrected chi connectivity index (χ3v) is 2.79. The highest BCUT2D eigenvalue weighted by molar-refractivity contribution is 7.11. The standard InChI is InChI=1S/C8H10F3NS/c1-5(2)6-4-12-7(13-6)3-8(9,10)11/h4-5H,3H2,1-2H3. The second-order valence-corrected chi connectivity index (χ2v) is 4.25. The molecule has 0 unspecified atom stereocenters. The van der Waals surface area contributed by atoms with E-state index in [9.17, 15) is 13.2 Å². The lowest BCUT2D eigenvalue weighted by molar-refractivity contribution is -0.127. The molecule has 0 amide bonds. The largest absolute Gasteiger partial charge is 0.395 e. The Kier molecular flexibility index (Phi) is 2.95. The Balaban J connectivity index is 2.70. The van der Waals surface area contributed by atoms with Crippen molar-refractivity contribution in [1.29, 1.82) is 0 Å². The predicted octanol–water partition coefficient (Wildman–Crippen LogP) is 3.37. The number of alkyl halides is 3. The molecule has 1 aromatic heterocycles. The molecule has 0 fully saturated rings. The Hall–Kier alpha value is -0.580. The maximum atomic E-state index is 11.9.